The van der Waals surface area contributed by atoms with Crippen LogP contribution in [0.1, 0.15) is 36.0 Å². The number of anilines is 1. The Labute approximate surface area is 204 Å². The number of fused-ring (bicyclic) bond motifs is 2. The van der Waals surface area contributed by atoms with E-state index in [1.54, 1.807) is 17.8 Å². The fraction of sp³-hybridized carbons (Fsp3) is 0.192. The lowest BCUT2D eigenvalue weighted by Gasteiger charge is -2.29. The number of aromatic nitrogens is 2. The maximum atomic E-state index is 13.6. The van der Waals surface area contributed by atoms with Gasteiger partial charge in [0.2, 0.25) is 5.82 Å². The van der Waals surface area contributed by atoms with E-state index >= 15 is 0 Å². The van der Waals surface area contributed by atoms with Gasteiger partial charge in [0.05, 0.1) is 16.3 Å². The minimum atomic E-state index is -0.505. The van der Waals surface area contributed by atoms with E-state index in [0.29, 0.717) is 11.4 Å². The number of carbonyl (C=O) groups is 1. The standard InChI is InChI=1S/C26H19ClFN3O2S/c27-19-13-16(9-11-20(19)28)25-29-24(30-33-25)15-10-12-21-23(14-15)34-22-8-4-3-7-18(22)26(32)31(21)17-5-1-2-6-17/h3-4,7-14,17H,1-2,5-6H2. The summed E-state index contributed by atoms with van der Waals surface area (Å²) < 4.78 is 19.0. The quantitative estimate of drug-likeness (QED) is 0.302. The van der Waals surface area contributed by atoms with Gasteiger partial charge in [0.25, 0.3) is 11.8 Å². The maximum Gasteiger partial charge on any atom is 0.259 e. The van der Waals surface area contributed by atoms with Gasteiger partial charge in [0.1, 0.15) is 5.82 Å². The molecule has 1 aliphatic heterocycles. The molecular weight excluding hydrogens is 473 g/mol. The van der Waals surface area contributed by atoms with Crippen molar-refractivity contribution < 1.29 is 13.7 Å². The Hall–Kier alpha value is -3.16. The van der Waals surface area contributed by atoms with Crippen molar-refractivity contribution in [3.8, 4) is 22.8 Å². The maximum absolute atomic E-state index is 13.6. The highest BCUT2D eigenvalue weighted by Crippen LogP contribution is 2.45. The largest absolute Gasteiger partial charge is 0.334 e. The van der Waals surface area contributed by atoms with Gasteiger partial charge >= 0.3 is 0 Å². The molecule has 1 aromatic heterocycles. The van der Waals surface area contributed by atoms with Crippen LogP contribution in [0.4, 0.5) is 10.1 Å². The molecule has 1 fully saturated rings. The molecule has 8 heteroatoms. The molecule has 0 atom stereocenters. The van der Waals surface area contributed by atoms with Crippen LogP contribution in [0.5, 0.6) is 0 Å². The van der Waals surface area contributed by atoms with Gasteiger partial charge in [-0.3, -0.25) is 4.79 Å². The van der Waals surface area contributed by atoms with Crippen molar-refractivity contribution in [1.29, 1.82) is 0 Å². The van der Waals surface area contributed by atoms with E-state index in [9.17, 15) is 9.18 Å². The Morgan fingerprint density at radius 2 is 1.79 bits per heavy atom. The Kier molecular flexibility index (Phi) is 5.38. The van der Waals surface area contributed by atoms with Crippen LogP contribution in [0.2, 0.25) is 5.02 Å². The molecule has 2 heterocycles. The van der Waals surface area contributed by atoms with E-state index in [1.807, 2.05) is 47.4 Å². The second-order valence-corrected chi connectivity index (χ2v) is 9.94. The van der Waals surface area contributed by atoms with E-state index in [1.165, 1.54) is 12.1 Å². The zero-order chi connectivity index (χ0) is 23.2. The number of benzene rings is 3. The molecule has 34 heavy (non-hydrogen) atoms. The molecule has 4 aromatic rings. The van der Waals surface area contributed by atoms with Crippen LogP contribution >= 0.6 is 23.4 Å². The highest BCUT2D eigenvalue weighted by Gasteiger charge is 2.34. The molecule has 5 nitrogen and oxygen atoms in total. The zero-order valence-corrected chi connectivity index (χ0v) is 19.6. The third-order valence-electron chi connectivity index (χ3n) is 6.32. The van der Waals surface area contributed by atoms with Crippen molar-refractivity contribution >= 4 is 35.0 Å². The second-order valence-electron chi connectivity index (χ2n) is 8.45. The van der Waals surface area contributed by atoms with Crippen LogP contribution in [-0.4, -0.2) is 22.1 Å². The summed E-state index contributed by atoms with van der Waals surface area (Å²) in [5.74, 6) is 0.217. The van der Waals surface area contributed by atoms with Gasteiger partial charge in [0, 0.05) is 27.0 Å². The van der Waals surface area contributed by atoms with E-state index in [2.05, 4.69) is 10.1 Å². The molecule has 2 aliphatic rings. The third kappa shape index (κ3) is 3.69. The molecule has 0 spiro atoms. The minimum Gasteiger partial charge on any atom is -0.334 e. The lowest BCUT2D eigenvalue weighted by Crippen LogP contribution is -2.39. The average Bonchev–Trinajstić information content (AvgIpc) is 3.53. The van der Waals surface area contributed by atoms with Crippen LogP contribution in [0.25, 0.3) is 22.8 Å². The first-order valence-corrected chi connectivity index (χ1v) is 12.3. The van der Waals surface area contributed by atoms with Crippen LogP contribution in [0, 0.1) is 5.82 Å². The van der Waals surface area contributed by atoms with Crippen molar-refractivity contribution in [3.63, 3.8) is 0 Å². The Balaban J connectivity index is 1.42. The predicted molar refractivity (Wildman–Crippen MR) is 130 cm³/mol. The van der Waals surface area contributed by atoms with E-state index in [4.69, 9.17) is 16.1 Å². The van der Waals surface area contributed by atoms with Gasteiger partial charge < -0.3 is 9.42 Å². The normalized spacial score (nSPS) is 15.8. The third-order valence-corrected chi connectivity index (χ3v) is 7.73. The Bertz CT molecular complexity index is 1420. The first-order chi connectivity index (χ1) is 16.6. The smallest absolute Gasteiger partial charge is 0.259 e. The van der Waals surface area contributed by atoms with Crippen molar-refractivity contribution in [1.82, 2.24) is 10.1 Å². The molecule has 0 N–H and O–H groups in total. The van der Waals surface area contributed by atoms with Crippen molar-refractivity contribution in [3.05, 3.63) is 77.1 Å². The van der Waals surface area contributed by atoms with E-state index < -0.39 is 5.82 Å². The van der Waals surface area contributed by atoms with Gasteiger partial charge in [-0.1, -0.05) is 53.5 Å². The molecule has 0 radical (unpaired) electrons. The number of halogens is 2. The van der Waals surface area contributed by atoms with Gasteiger partial charge in [-0.15, -0.1) is 0 Å². The fourth-order valence-corrected chi connectivity index (χ4v) is 5.92. The monoisotopic (exact) mass is 491 g/mol. The molecule has 3 aromatic carbocycles. The summed E-state index contributed by atoms with van der Waals surface area (Å²) in [6, 6.07) is 18.1. The van der Waals surface area contributed by atoms with Crippen molar-refractivity contribution in [2.75, 3.05) is 4.90 Å². The summed E-state index contributed by atoms with van der Waals surface area (Å²) in [7, 11) is 0. The fourth-order valence-electron chi connectivity index (χ4n) is 4.64. The number of rotatable bonds is 3. The van der Waals surface area contributed by atoms with Crippen molar-refractivity contribution in [2.24, 2.45) is 0 Å². The molecule has 0 unspecified atom stereocenters. The predicted octanol–water partition coefficient (Wildman–Crippen LogP) is 7.25. The molecule has 6 rings (SSSR count). The molecule has 170 valence electrons. The van der Waals surface area contributed by atoms with Crippen LogP contribution in [0.3, 0.4) is 0 Å². The number of hydrogen-bond acceptors (Lipinski definition) is 5. The van der Waals surface area contributed by atoms with Crippen molar-refractivity contribution in [2.45, 2.75) is 41.5 Å². The number of hydrogen-bond donors (Lipinski definition) is 0. The molecule has 0 saturated heterocycles. The second kappa shape index (κ2) is 8.56. The summed E-state index contributed by atoms with van der Waals surface area (Å²) in [5, 5.41) is 4.12. The van der Waals surface area contributed by atoms with Crippen LogP contribution in [0.15, 0.2) is 75.0 Å². The van der Waals surface area contributed by atoms with Crippen LogP contribution < -0.4 is 4.90 Å². The first kappa shape index (κ1) is 21.4. The average molecular weight is 492 g/mol. The topological polar surface area (TPSA) is 59.2 Å². The van der Waals surface area contributed by atoms with Gasteiger partial charge in [-0.25, -0.2) is 4.39 Å². The highest BCUT2D eigenvalue weighted by molar-refractivity contribution is 7.99. The number of carbonyl (C=O) groups excluding carboxylic acids is 1. The minimum absolute atomic E-state index is 0.00554. The summed E-state index contributed by atoms with van der Waals surface area (Å²) in [6.07, 6.45) is 4.29. The summed E-state index contributed by atoms with van der Waals surface area (Å²) in [5.41, 5.74) is 2.96. The van der Waals surface area contributed by atoms with Crippen LogP contribution in [-0.2, 0) is 0 Å². The lowest BCUT2D eigenvalue weighted by atomic mass is 10.1. The summed E-state index contributed by atoms with van der Waals surface area (Å²) >= 11 is 7.48. The summed E-state index contributed by atoms with van der Waals surface area (Å²) in [6.45, 7) is 0. The van der Waals surface area contributed by atoms with Gasteiger partial charge in [0.15, 0.2) is 0 Å². The van der Waals surface area contributed by atoms with Gasteiger partial charge in [-0.2, -0.15) is 4.98 Å². The number of nitrogens with zero attached hydrogens (tertiary/aromatic N) is 3. The molecular formula is C26H19ClFN3O2S. The zero-order valence-electron chi connectivity index (χ0n) is 18.0. The van der Waals surface area contributed by atoms with E-state index in [-0.39, 0.29) is 22.9 Å². The molecule has 1 amide bonds. The Morgan fingerprint density at radius 1 is 1.00 bits per heavy atom. The van der Waals surface area contributed by atoms with Gasteiger partial charge in [-0.05, 0) is 61.4 Å². The molecule has 0 bridgehead atoms. The summed E-state index contributed by atoms with van der Waals surface area (Å²) in [4.78, 5) is 22.0. The number of amides is 1. The SMILES string of the molecule is O=C1c2ccccc2Sc2cc(-c3noc(-c4ccc(F)c(Cl)c4)n3)ccc2N1C1CCCC1. The lowest BCUT2D eigenvalue weighted by molar-refractivity contribution is 0.0974. The first-order valence-electron chi connectivity index (χ1n) is 11.1. The molecule has 1 aliphatic carbocycles. The molecule has 1 saturated carbocycles. The highest BCUT2D eigenvalue weighted by atomic mass is 35.5. The Morgan fingerprint density at radius 3 is 2.62 bits per heavy atom. The van der Waals surface area contributed by atoms with E-state index in [0.717, 1.165) is 52.3 Å².